The summed E-state index contributed by atoms with van der Waals surface area (Å²) in [7, 11) is 0. The quantitative estimate of drug-likeness (QED) is 0.879. The van der Waals surface area contributed by atoms with Gasteiger partial charge in [-0.1, -0.05) is 30.3 Å². The highest BCUT2D eigenvalue weighted by Crippen LogP contribution is 2.31. The van der Waals surface area contributed by atoms with Crippen molar-refractivity contribution in [2.75, 3.05) is 32.8 Å². The smallest absolute Gasteiger partial charge is 0.274 e. The Morgan fingerprint density at radius 3 is 2.68 bits per heavy atom. The molecule has 4 rings (SSSR count). The van der Waals surface area contributed by atoms with Crippen LogP contribution in [0.15, 0.2) is 36.4 Å². The van der Waals surface area contributed by atoms with Gasteiger partial charge in [-0.25, -0.2) is 0 Å². The van der Waals surface area contributed by atoms with Gasteiger partial charge in [0.15, 0.2) is 0 Å². The van der Waals surface area contributed by atoms with Gasteiger partial charge in [0.25, 0.3) is 5.91 Å². The summed E-state index contributed by atoms with van der Waals surface area (Å²) in [5.74, 6) is 0.0373. The SMILES string of the molecule is O=C(c1cc([C@@H]2CCCCN2C(=O)Cc2ccccc2)[nH]n1)N1CCOCC1. The molecule has 2 aliphatic rings. The van der Waals surface area contributed by atoms with Crippen LogP contribution in [-0.2, 0) is 16.0 Å². The molecule has 0 spiro atoms. The monoisotopic (exact) mass is 382 g/mol. The first-order chi connectivity index (χ1) is 13.7. The molecule has 28 heavy (non-hydrogen) atoms. The van der Waals surface area contributed by atoms with Crippen molar-refractivity contribution in [2.45, 2.75) is 31.7 Å². The molecule has 2 amide bonds. The Kier molecular flexibility index (Phi) is 5.71. The molecule has 1 aromatic heterocycles. The van der Waals surface area contributed by atoms with E-state index in [-0.39, 0.29) is 17.9 Å². The zero-order chi connectivity index (χ0) is 19.3. The number of ether oxygens (including phenoxy) is 1. The lowest BCUT2D eigenvalue weighted by Gasteiger charge is -2.35. The fourth-order valence-corrected chi connectivity index (χ4v) is 3.97. The maximum atomic E-state index is 12.9. The summed E-state index contributed by atoms with van der Waals surface area (Å²) in [5, 5.41) is 7.27. The highest BCUT2D eigenvalue weighted by atomic mass is 16.5. The number of aromatic nitrogens is 2. The largest absolute Gasteiger partial charge is 0.378 e. The number of hydrogen-bond donors (Lipinski definition) is 1. The molecule has 2 aromatic rings. The average molecular weight is 382 g/mol. The minimum Gasteiger partial charge on any atom is -0.378 e. The fourth-order valence-electron chi connectivity index (χ4n) is 3.97. The van der Waals surface area contributed by atoms with Crippen molar-refractivity contribution in [1.29, 1.82) is 0 Å². The van der Waals surface area contributed by atoms with E-state index in [9.17, 15) is 9.59 Å². The normalized spacial score (nSPS) is 20.2. The molecule has 0 aliphatic carbocycles. The van der Waals surface area contributed by atoms with E-state index in [0.717, 1.165) is 37.1 Å². The van der Waals surface area contributed by atoms with Crippen LogP contribution >= 0.6 is 0 Å². The van der Waals surface area contributed by atoms with Gasteiger partial charge in [-0.3, -0.25) is 14.7 Å². The van der Waals surface area contributed by atoms with Crippen LogP contribution in [0.1, 0.15) is 47.1 Å². The van der Waals surface area contributed by atoms with Crippen molar-refractivity contribution >= 4 is 11.8 Å². The maximum Gasteiger partial charge on any atom is 0.274 e. The van der Waals surface area contributed by atoms with Gasteiger partial charge in [0.2, 0.25) is 5.91 Å². The van der Waals surface area contributed by atoms with Gasteiger partial charge < -0.3 is 14.5 Å². The summed E-state index contributed by atoms with van der Waals surface area (Å²) in [6.07, 6.45) is 3.34. The molecule has 0 radical (unpaired) electrons. The van der Waals surface area contributed by atoms with Crippen LogP contribution in [0.4, 0.5) is 0 Å². The number of H-pyrrole nitrogens is 1. The van der Waals surface area contributed by atoms with Gasteiger partial charge >= 0.3 is 0 Å². The first-order valence-electron chi connectivity index (χ1n) is 9.98. The molecule has 1 N–H and O–H groups in total. The lowest BCUT2D eigenvalue weighted by atomic mass is 9.98. The maximum absolute atomic E-state index is 12.9. The number of benzene rings is 1. The molecule has 2 fully saturated rings. The zero-order valence-electron chi connectivity index (χ0n) is 16.0. The Labute approximate surface area is 164 Å². The van der Waals surface area contributed by atoms with Crippen LogP contribution in [0.5, 0.6) is 0 Å². The third kappa shape index (κ3) is 4.09. The summed E-state index contributed by atoms with van der Waals surface area (Å²) >= 11 is 0. The van der Waals surface area contributed by atoms with Crippen molar-refractivity contribution in [3.05, 3.63) is 53.3 Å². The number of morpholine rings is 1. The lowest BCUT2D eigenvalue weighted by Crippen LogP contribution is -2.41. The van der Waals surface area contributed by atoms with Gasteiger partial charge in [-0.15, -0.1) is 0 Å². The summed E-state index contributed by atoms with van der Waals surface area (Å²) in [4.78, 5) is 29.3. The van der Waals surface area contributed by atoms with Crippen molar-refractivity contribution in [3.63, 3.8) is 0 Å². The second-order valence-corrected chi connectivity index (χ2v) is 7.37. The number of likely N-dealkylation sites (tertiary alicyclic amines) is 1. The van der Waals surface area contributed by atoms with E-state index in [0.29, 0.717) is 38.4 Å². The van der Waals surface area contributed by atoms with Crippen LogP contribution in [0.2, 0.25) is 0 Å². The highest BCUT2D eigenvalue weighted by Gasteiger charge is 2.30. The Hall–Kier alpha value is -2.67. The van der Waals surface area contributed by atoms with Crippen LogP contribution < -0.4 is 0 Å². The molecule has 148 valence electrons. The summed E-state index contributed by atoms with van der Waals surface area (Å²) < 4.78 is 5.31. The molecule has 0 unspecified atom stereocenters. The molecule has 0 bridgehead atoms. The van der Waals surface area contributed by atoms with Gasteiger partial charge in [-0.05, 0) is 30.9 Å². The topological polar surface area (TPSA) is 78.5 Å². The van der Waals surface area contributed by atoms with Crippen molar-refractivity contribution < 1.29 is 14.3 Å². The predicted molar refractivity (Wildman–Crippen MR) is 104 cm³/mol. The summed E-state index contributed by atoms with van der Waals surface area (Å²) in [6.45, 7) is 3.04. The van der Waals surface area contributed by atoms with E-state index >= 15 is 0 Å². The molecule has 3 heterocycles. The summed E-state index contributed by atoms with van der Waals surface area (Å²) in [5.41, 5.74) is 2.28. The van der Waals surface area contributed by atoms with E-state index in [1.54, 1.807) is 4.90 Å². The number of carbonyl (C=O) groups is 2. The number of rotatable bonds is 4. The Morgan fingerprint density at radius 2 is 1.89 bits per heavy atom. The number of hydrogen-bond acceptors (Lipinski definition) is 4. The lowest BCUT2D eigenvalue weighted by molar-refractivity contribution is -0.134. The molecule has 2 aliphatic heterocycles. The third-order valence-corrected chi connectivity index (χ3v) is 5.50. The van der Waals surface area contributed by atoms with Crippen LogP contribution in [0.3, 0.4) is 0 Å². The molecule has 2 saturated heterocycles. The van der Waals surface area contributed by atoms with E-state index in [1.807, 2.05) is 41.3 Å². The molecular formula is C21H26N4O3. The number of piperidine rings is 1. The Morgan fingerprint density at radius 1 is 1.11 bits per heavy atom. The standard InChI is InChI=1S/C21H26N4O3/c26-20(14-16-6-2-1-3-7-16)25-9-5-4-8-19(25)17-15-18(23-22-17)21(27)24-10-12-28-13-11-24/h1-3,6-7,15,19H,4-5,8-14H2,(H,22,23)/t19-/m0/s1. The van der Waals surface area contributed by atoms with Crippen LogP contribution in [-0.4, -0.2) is 64.7 Å². The van der Waals surface area contributed by atoms with Crippen LogP contribution in [0.25, 0.3) is 0 Å². The molecule has 1 aromatic carbocycles. The number of nitrogens with one attached hydrogen (secondary N) is 1. The van der Waals surface area contributed by atoms with Gasteiger partial charge in [0.05, 0.1) is 31.4 Å². The minimum atomic E-state index is -0.0798. The van der Waals surface area contributed by atoms with E-state index in [1.165, 1.54) is 0 Å². The first kappa shape index (κ1) is 18.7. The number of amides is 2. The van der Waals surface area contributed by atoms with Crippen LogP contribution in [0, 0.1) is 0 Å². The zero-order valence-corrected chi connectivity index (χ0v) is 16.0. The first-order valence-corrected chi connectivity index (χ1v) is 9.98. The third-order valence-electron chi connectivity index (χ3n) is 5.50. The second-order valence-electron chi connectivity index (χ2n) is 7.37. The average Bonchev–Trinajstić information content (AvgIpc) is 3.25. The molecule has 7 nitrogen and oxygen atoms in total. The van der Waals surface area contributed by atoms with Crippen molar-refractivity contribution in [3.8, 4) is 0 Å². The van der Waals surface area contributed by atoms with Gasteiger partial charge in [-0.2, -0.15) is 5.10 Å². The van der Waals surface area contributed by atoms with E-state index in [2.05, 4.69) is 10.2 Å². The number of carbonyl (C=O) groups excluding carboxylic acids is 2. The number of aromatic amines is 1. The molecular weight excluding hydrogens is 356 g/mol. The highest BCUT2D eigenvalue weighted by molar-refractivity contribution is 5.92. The van der Waals surface area contributed by atoms with Crippen molar-refractivity contribution in [1.82, 2.24) is 20.0 Å². The Balaban J connectivity index is 1.47. The molecule has 0 saturated carbocycles. The van der Waals surface area contributed by atoms with E-state index < -0.39 is 0 Å². The van der Waals surface area contributed by atoms with Gasteiger partial charge in [0, 0.05) is 19.6 Å². The van der Waals surface area contributed by atoms with Crippen molar-refractivity contribution in [2.24, 2.45) is 0 Å². The summed E-state index contributed by atoms with van der Waals surface area (Å²) in [6, 6.07) is 11.6. The van der Waals surface area contributed by atoms with E-state index in [4.69, 9.17) is 4.74 Å². The number of nitrogens with zero attached hydrogens (tertiary/aromatic N) is 3. The predicted octanol–water partition coefficient (Wildman–Crippen LogP) is 2.18. The van der Waals surface area contributed by atoms with Gasteiger partial charge in [0.1, 0.15) is 5.69 Å². The minimum absolute atomic E-state index is 0.0521. The fraction of sp³-hybridized carbons (Fsp3) is 0.476. The Bertz CT molecular complexity index is 814. The molecule has 7 heteroatoms. The molecule has 1 atom stereocenters. The second kappa shape index (κ2) is 8.56.